The molecule has 0 radical (unpaired) electrons. The lowest BCUT2D eigenvalue weighted by Crippen LogP contribution is -2.48. The number of rotatable bonds is 13. The number of aryl methyl sites for hydroxylation is 3. The van der Waals surface area contributed by atoms with Gasteiger partial charge in [0.25, 0.3) is 0 Å². The molecule has 2 amide bonds. The maximum Gasteiger partial charge on any atom is 0.250 e. The fourth-order valence-electron chi connectivity index (χ4n) is 12.8. The van der Waals surface area contributed by atoms with Crippen LogP contribution < -0.4 is 19.4 Å². The number of aromatic amines is 2. The minimum Gasteiger partial charge on any atom is -0.492 e. The Hall–Kier alpha value is -7.80. The zero-order valence-electron chi connectivity index (χ0n) is 45.0. The van der Waals surface area contributed by atoms with Crippen LogP contribution in [0, 0.1) is 13.8 Å². The molecule has 0 spiro atoms. The molecule has 2 fully saturated rings. The van der Waals surface area contributed by atoms with Crippen LogP contribution in [0.1, 0.15) is 66.8 Å². The number of aromatic nitrogens is 4. The molecule has 8 heterocycles. The Kier molecular flexibility index (Phi) is 13.6. The highest BCUT2D eigenvalue weighted by Crippen LogP contribution is 2.48. The Balaban J connectivity index is 0.955. The Morgan fingerprint density at radius 3 is 1.95 bits per heavy atom. The van der Waals surface area contributed by atoms with Gasteiger partial charge in [-0.05, 0) is 184 Å². The average Bonchev–Trinajstić information content (AvgIpc) is 4.28. The largest absolute Gasteiger partial charge is 0.492 e. The van der Waals surface area contributed by atoms with Gasteiger partial charge in [0.15, 0.2) is 0 Å². The van der Waals surface area contributed by atoms with Gasteiger partial charge in [0.05, 0.1) is 11.4 Å². The van der Waals surface area contributed by atoms with E-state index in [4.69, 9.17) is 14.7 Å². The predicted molar refractivity (Wildman–Crippen MR) is 313 cm³/mol. The number of nitrogens with one attached hydrogen (secondary N) is 2. The third kappa shape index (κ3) is 9.41. The van der Waals surface area contributed by atoms with Crippen molar-refractivity contribution >= 4 is 50.9 Å². The Morgan fingerprint density at radius 2 is 1.29 bits per heavy atom. The van der Waals surface area contributed by atoms with Gasteiger partial charge in [-0.2, -0.15) is 0 Å². The molecule has 2 saturated heterocycles. The number of amides is 2. The number of anilines is 3. The Labute approximate surface area is 452 Å². The molecule has 4 aromatic carbocycles. The summed E-state index contributed by atoms with van der Waals surface area (Å²) < 4.78 is 6.63. The number of H-pyrrole nitrogens is 2. The van der Waals surface area contributed by atoms with Crippen LogP contribution in [0.3, 0.4) is 0 Å². The van der Waals surface area contributed by atoms with Gasteiger partial charge in [0.2, 0.25) is 11.8 Å². The van der Waals surface area contributed by atoms with Crippen LogP contribution in [0.4, 0.5) is 17.1 Å². The molecule has 12 heteroatoms. The summed E-state index contributed by atoms with van der Waals surface area (Å²) in [4.78, 5) is 56.3. The number of nitrogens with zero attached hydrogens (tertiary/aromatic N) is 7. The lowest BCUT2D eigenvalue weighted by atomic mass is 9.82. The van der Waals surface area contributed by atoms with Gasteiger partial charge < -0.3 is 29.4 Å². The molecule has 392 valence electrons. The number of carbonyl (C=O) groups is 2. The standard InChI is InChI=1S/C65H69N9O3/c1-7-56(75)73-29-11-12-44-13-15-48(37-54(44)73)61-59-43(6)24-26-67-65(59)69-63(61)52-22-21-51(77-35-34-70-27-9-10-28-70)39-53(52)49-36-46-14-16-47(38-55(46)74(40-49)57(76)8-2)60-58-42(5)23-25-66-64(58)68-62(60)45-17-19-50(20-18-45)72-32-30-71(31-33-72)41(3)4/h7-8,13-26,37-39,41,49H,1-2,9-12,27-36,40H2,3-6H3,(H,66,68)(H,67,69). The maximum atomic E-state index is 14.5. The zero-order valence-corrected chi connectivity index (χ0v) is 45.0. The van der Waals surface area contributed by atoms with Gasteiger partial charge in [-0.25, -0.2) is 9.97 Å². The molecule has 0 saturated carbocycles. The topological polar surface area (TPSA) is 117 Å². The fraction of sp³-hybridized carbons (Fsp3) is 0.323. The molecule has 2 N–H and O–H groups in total. The zero-order chi connectivity index (χ0) is 52.9. The van der Waals surface area contributed by atoms with E-state index in [1.165, 1.54) is 30.7 Å². The van der Waals surface area contributed by atoms with Crippen molar-refractivity contribution in [2.45, 2.75) is 71.8 Å². The molecule has 12 rings (SSSR count). The highest BCUT2D eigenvalue weighted by molar-refractivity contribution is 6.09. The molecule has 8 aromatic rings. The molecule has 4 aliphatic rings. The first-order valence-corrected chi connectivity index (χ1v) is 27.7. The molecule has 4 aliphatic heterocycles. The van der Waals surface area contributed by atoms with Gasteiger partial charge in [-0.1, -0.05) is 49.6 Å². The normalized spacial score (nSPS) is 17.1. The van der Waals surface area contributed by atoms with Gasteiger partial charge in [-0.3, -0.25) is 19.4 Å². The van der Waals surface area contributed by atoms with E-state index in [0.29, 0.717) is 32.2 Å². The average molecular weight is 1020 g/mol. The molecular weight excluding hydrogens is 955 g/mol. The maximum absolute atomic E-state index is 14.5. The van der Waals surface area contributed by atoms with Crippen molar-refractivity contribution in [3.05, 3.63) is 157 Å². The van der Waals surface area contributed by atoms with Crippen LogP contribution in [-0.2, 0) is 22.4 Å². The van der Waals surface area contributed by atoms with Gasteiger partial charge in [0, 0.05) is 115 Å². The third-order valence-corrected chi connectivity index (χ3v) is 16.9. The van der Waals surface area contributed by atoms with E-state index in [1.807, 2.05) is 22.2 Å². The predicted octanol–water partition coefficient (Wildman–Crippen LogP) is 12.1. The van der Waals surface area contributed by atoms with Crippen LogP contribution >= 0.6 is 0 Å². The van der Waals surface area contributed by atoms with Crippen LogP contribution in [0.5, 0.6) is 5.75 Å². The number of hydrogen-bond donors (Lipinski definition) is 2. The van der Waals surface area contributed by atoms with E-state index in [1.54, 1.807) is 0 Å². The number of hydrogen-bond acceptors (Lipinski definition) is 8. The van der Waals surface area contributed by atoms with Gasteiger partial charge in [0.1, 0.15) is 23.7 Å². The van der Waals surface area contributed by atoms with E-state index in [0.717, 1.165) is 170 Å². The second kappa shape index (κ2) is 21.0. The smallest absolute Gasteiger partial charge is 0.250 e. The third-order valence-electron chi connectivity index (χ3n) is 16.9. The molecule has 12 nitrogen and oxygen atoms in total. The van der Waals surface area contributed by atoms with Gasteiger partial charge in [-0.15, -0.1) is 0 Å². The summed E-state index contributed by atoms with van der Waals surface area (Å²) in [7, 11) is 0. The van der Waals surface area contributed by atoms with Crippen molar-refractivity contribution in [1.82, 2.24) is 29.7 Å². The number of piperazine rings is 1. The lowest BCUT2D eigenvalue weighted by molar-refractivity contribution is -0.115. The number of carbonyl (C=O) groups excluding carboxylic acids is 2. The van der Waals surface area contributed by atoms with E-state index in [2.05, 4.69) is 157 Å². The van der Waals surface area contributed by atoms with Crippen molar-refractivity contribution in [2.75, 3.05) is 80.2 Å². The van der Waals surface area contributed by atoms with E-state index < -0.39 is 0 Å². The number of fused-ring (bicyclic) bond motifs is 4. The van der Waals surface area contributed by atoms with Gasteiger partial charge >= 0.3 is 0 Å². The molecule has 0 bridgehead atoms. The number of ether oxygens (including phenoxy) is 1. The molecule has 1 unspecified atom stereocenters. The Morgan fingerprint density at radius 1 is 0.675 bits per heavy atom. The monoisotopic (exact) mass is 1020 g/mol. The summed E-state index contributed by atoms with van der Waals surface area (Å²) in [6.07, 6.45) is 11.5. The van der Waals surface area contributed by atoms with Crippen LogP contribution in [0.2, 0.25) is 0 Å². The highest BCUT2D eigenvalue weighted by atomic mass is 16.5. The second-order valence-electron chi connectivity index (χ2n) is 21.8. The highest BCUT2D eigenvalue weighted by Gasteiger charge is 2.33. The summed E-state index contributed by atoms with van der Waals surface area (Å²) in [6.45, 7) is 25.5. The molecule has 1 atom stereocenters. The Bertz CT molecular complexity index is 3580. The summed E-state index contributed by atoms with van der Waals surface area (Å²) in [5, 5.41) is 2.09. The second-order valence-corrected chi connectivity index (χ2v) is 21.8. The number of benzene rings is 4. The quantitative estimate of drug-likeness (QED) is 0.110. The van der Waals surface area contributed by atoms with E-state index >= 15 is 0 Å². The van der Waals surface area contributed by atoms with Crippen molar-refractivity contribution in [2.24, 2.45) is 0 Å². The molecule has 77 heavy (non-hydrogen) atoms. The van der Waals surface area contributed by atoms with E-state index in [9.17, 15) is 9.59 Å². The van der Waals surface area contributed by atoms with Crippen LogP contribution in [0.15, 0.2) is 129 Å². The number of likely N-dealkylation sites (tertiary alicyclic amines) is 1. The minimum atomic E-state index is -0.159. The van der Waals surface area contributed by atoms with Crippen molar-refractivity contribution < 1.29 is 14.3 Å². The summed E-state index contributed by atoms with van der Waals surface area (Å²) in [6, 6.07) is 33.3. The summed E-state index contributed by atoms with van der Waals surface area (Å²) >= 11 is 0. The van der Waals surface area contributed by atoms with Crippen LogP contribution in [-0.4, -0.2) is 113 Å². The number of pyridine rings is 2. The molecule has 4 aromatic heterocycles. The SMILES string of the molecule is C=CC(=O)N1CCCc2ccc(-c3c(-c4ccc(OCCN5CCCC5)cc4C4Cc5ccc(-c6c(-c7ccc(N8CCN(C(C)C)CC8)cc7)[nH]c7nccc(C)c67)cc5N(C(=O)C=C)C4)[nH]c4nccc(C)c34)cc21. The first-order valence-electron chi connectivity index (χ1n) is 27.7. The lowest BCUT2D eigenvalue weighted by Gasteiger charge is -2.38. The first-order chi connectivity index (χ1) is 37.5. The fourth-order valence-corrected chi connectivity index (χ4v) is 12.8. The van der Waals surface area contributed by atoms with Crippen molar-refractivity contribution in [1.29, 1.82) is 0 Å². The first kappa shape index (κ1) is 50.0. The van der Waals surface area contributed by atoms with Crippen LogP contribution in [0.25, 0.3) is 66.8 Å². The van der Waals surface area contributed by atoms with Crippen molar-refractivity contribution in [3.63, 3.8) is 0 Å². The minimum absolute atomic E-state index is 0.100. The molecule has 0 aliphatic carbocycles. The van der Waals surface area contributed by atoms with Crippen molar-refractivity contribution in [3.8, 4) is 50.5 Å². The summed E-state index contributed by atoms with van der Waals surface area (Å²) in [5.74, 6) is 0.404. The van der Waals surface area contributed by atoms with E-state index in [-0.39, 0.29) is 17.7 Å². The molecular formula is C65H69N9O3. The summed E-state index contributed by atoms with van der Waals surface area (Å²) in [5.41, 5.74) is 18.2.